The quantitative estimate of drug-likeness (QED) is 0.703. The van der Waals surface area contributed by atoms with E-state index in [0.717, 1.165) is 11.3 Å². The Bertz CT molecular complexity index is 1010. The maximum absolute atomic E-state index is 12.7. The van der Waals surface area contributed by atoms with Crippen molar-refractivity contribution in [1.82, 2.24) is 5.16 Å². The van der Waals surface area contributed by atoms with Crippen LogP contribution in [0.25, 0.3) is 11.3 Å². The molecule has 3 rings (SSSR count). The number of hydrogen-bond acceptors (Lipinski definition) is 5. The summed E-state index contributed by atoms with van der Waals surface area (Å²) >= 11 is 0. The van der Waals surface area contributed by atoms with Crippen LogP contribution in [0.2, 0.25) is 0 Å². The van der Waals surface area contributed by atoms with E-state index in [1.54, 1.807) is 55.5 Å². The number of benzene rings is 2. The molecule has 7 heteroatoms. The second-order valence-corrected chi connectivity index (χ2v) is 7.53. The van der Waals surface area contributed by atoms with Gasteiger partial charge in [-0.3, -0.25) is 4.72 Å². The van der Waals surface area contributed by atoms with Gasteiger partial charge in [-0.1, -0.05) is 5.16 Å². The third-order valence-corrected chi connectivity index (χ3v) is 5.34. The van der Waals surface area contributed by atoms with E-state index in [9.17, 15) is 8.42 Å². The fraction of sp³-hybridized carbons (Fsp3) is 0.211. The summed E-state index contributed by atoms with van der Waals surface area (Å²) in [7, 11) is -3.70. The SMILES string of the molecule is CCOc1ccc(NS(=O)(=O)c2ccc(-c3cc(C)no3)cc2C)cc1. The smallest absolute Gasteiger partial charge is 0.262 e. The van der Waals surface area contributed by atoms with Crippen molar-refractivity contribution in [3.05, 3.63) is 59.8 Å². The van der Waals surface area contributed by atoms with Crippen LogP contribution in [-0.2, 0) is 10.0 Å². The van der Waals surface area contributed by atoms with Crippen LogP contribution in [0.4, 0.5) is 5.69 Å². The number of sulfonamides is 1. The van der Waals surface area contributed by atoms with Crippen LogP contribution in [0.1, 0.15) is 18.2 Å². The molecule has 136 valence electrons. The van der Waals surface area contributed by atoms with E-state index in [1.165, 1.54) is 0 Å². The molecule has 6 nitrogen and oxygen atoms in total. The molecule has 0 radical (unpaired) electrons. The first-order chi connectivity index (χ1) is 12.4. The number of aromatic nitrogens is 1. The highest BCUT2D eigenvalue weighted by Crippen LogP contribution is 2.27. The van der Waals surface area contributed by atoms with Gasteiger partial charge in [-0.15, -0.1) is 0 Å². The molecule has 1 heterocycles. The molecule has 0 aliphatic carbocycles. The van der Waals surface area contributed by atoms with Gasteiger partial charge >= 0.3 is 0 Å². The normalized spacial score (nSPS) is 11.3. The van der Waals surface area contributed by atoms with E-state index in [4.69, 9.17) is 9.26 Å². The molecule has 0 saturated carbocycles. The zero-order valence-electron chi connectivity index (χ0n) is 14.8. The molecule has 0 bridgehead atoms. The zero-order chi connectivity index (χ0) is 18.7. The minimum absolute atomic E-state index is 0.214. The fourth-order valence-corrected chi connectivity index (χ4v) is 3.89. The molecule has 1 N–H and O–H groups in total. The summed E-state index contributed by atoms with van der Waals surface area (Å²) < 4.78 is 38.6. The largest absolute Gasteiger partial charge is 0.494 e. The van der Waals surface area contributed by atoms with Crippen molar-refractivity contribution < 1.29 is 17.7 Å². The highest BCUT2D eigenvalue weighted by molar-refractivity contribution is 7.92. The van der Waals surface area contributed by atoms with Gasteiger partial charge in [0, 0.05) is 17.3 Å². The molecule has 0 fully saturated rings. The van der Waals surface area contributed by atoms with Gasteiger partial charge in [-0.05, 0) is 68.8 Å². The van der Waals surface area contributed by atoms with Gasteiger partial charge in [0.05, 0.1) is 17.2 Å². The van der Waals surface area contributed by atoms with Crippen molar-refractivity contribution in [2.45, 2.75) is 25.7 Å². The van der Waals surface area contributed by atoms with Crippen molar-refractivity contribution in [2.75, 3.05) is 11.3 Å². The Balaban J connectivity index is 1.84. The second kappa shape index (κ2) is 7.21. The minimum Gasteiger partial charge on any atom is -0.494 e. The standard InChI is InChI=1S/C19H20N2O4S/c1-4-24-17-8-6-16(7-9-17)21-26(22,23)19-10-5-15(11-13(19)2)18-12-14(3)20-25-18/h5-12,21H,4H2,1-3H3. The highest BCUT2D eigenvalue weighted by Gasteiger charge is 2.18. The lowest BCUT2D eigenvalue weighted by Crippen LogP contribution is -2.14. The predicted octanol–water partition coefficient (Wildman–Crippen LogP) is 4.16. The number of rotatable bonds is 6. The maximum atomic E-state index is 12.7. The van der Waals surface area contributed by atoms with Crippen LogP contribution in [0.3, 0.4) is 0 Å². The monoisotopic (exact) mass is 372 g/mol. The molecule has 0 spiro atoms. The number of aryl methyl sites for hydroxylation is 2. The highest BCUT2D eigenvalue weighted by atomic mass is 32.2. The Hall–Kier alpha value is -2.80. The first kappa shape index (κ1) is 18.0. The summed E-state index contributed by atoms with van der Waals surface area (Å²) in [5.41, 5.74) is 2.65. The summed E-state index contributed by atoms with van der Waals surface area (Å²) in [5, 5.41) is 3.85. The molecular formula is C19H20N2O4S. The molecular weight excluding hydrogens is 352 g/mol. The average Bonchev–Trinajstić information content (AvgIpc) is 3.03. The minimum atomic E-state index is -3.70. The molecule has 0 aliphatic rings. The van der Waals surface area contributed by atoms with Crippen LogP contribution in [0.5, 0.6) is 5.75 Å². The van der Waals surface area contributed by atoms with Gasteiger partial charge in [0.2, 0.25) is 0 Å². The van der Waals surface area contributed by atoms with E-state index in [2.05, 4.69) is 9.88 Å². The van der Waals surface area contributed by atoms with Gasteiger partial charge in [0.1, 0.15) is 5.75 Å². The van der Waals surface area contributed by atoms with Crippen molar-refractivity contribution in [2.24, 2.45) is 0 Å². The van der Waals surface area contributed by atoms with Crippen molar-refractivity contribution in [3.8, 4) is 17.1 Å². The lowest BCUT2D eigenvalue weighted by Gasteiger charge is -2.12. The van der Waals surface area contributed by atoms with E-state index in [1.807, 2.05) is 13.8 Å². The number of nitrogens with zero attached hydrogens (tertiary/aromatic N) is 1. The Kier molecular flexibility index (Phi) is 4.99. The van der Waals surface area contributed by atoms with Gasteiger partial charge < -0.3 is 9.26 Å². The Morgan fingerprint density at radius 1 is 1.08 bits per heavy atom. The van der Waals surface area contributed by atoms with Crippen LogP contribution in [0, 0.1) is 13.8 Å². The lowest BCUT2D eigenvalue weighted by atomic mass is 10.1. The predicted molar refractivity (Wildman–Crippen MR) is 99.8 cm³/mol. The van der Waals surface area contributed by atoms with Crippen LogP contribution in [-0.4, -0.2) is 20.2 Å². The van der Waals surface area contributed by atoms with E-state index in [0.29, 0.717) is 29.4 Å². The third-order valence-electron chi connectivity index (χ3n) is 3.79. The van der Waals surface area contributed by atoms with E-state index >= 15 is 0 Å². The number of ether oxygens (including phenoxy) is 1. The fourth-order valence-electron chi connectivity index (χ4n) is 2.60. The van der Waals surface area contributed by atoms with Gasteiger partial charge in [0.15, 0.2) is 5.76 Å². The summed E-state index contributed by atoms with van der Waals surface area (Å²) in [6, 6.07) is 13.6. The Labute approximate surface area is 152 Å². The molecule has 0 atom stereocenters. The van der Waals surface area contributed by atoms with Gasteiger partial charge in [0.25, 0.3) is 10.0 Å². The molecule has 2 aromatic carbocycles. The number of hydrogen-bond donors (Lipinski definition) is 1. The maximum Gasteiger partial charge on any atom is 0.262 e. The van der Waals surface area contributed by atoms with Crippen LogP contribution in [0.15, 0.2) is 57.9 Å². The van der Waals surface area contributed by atoms with Crippen LogP contribution < -0.4 is 9.46 Å². The Morgan fingerprint density at radius 3 is 2.38 bits per heavy atom. The lowest BCUT2D eigenvalue weighted by molar-refractivity contribution is 0.340. The van der Waals surface area contributed by atoms with E-state index in [-0.39, 0.29) is 4.90 Å². The van der Waals surface area contributed by atoms with Gasteiger partial charge in [-0.25, -0.2) is 8.42 Å². The van der Waals surface area contributed by atoms with E-state index < -0.39 is 10.0 Å². The zero-order valence-corrected chi connectivity index (χ0v) is 15.6. The average molecular weight is 372 g/mol. The molecule has 0 saturated heterocycles. The second-order valence-electron chi connectivity index (χ2n) is 5.88. The Morgan fingerprint density at radius 2 is 1.81 bits per heavy atom. The molecule has 0 aliphatic heterocycles. The van der Waals surface area contributed by atoms with Gasteiger partial charge in [-0.2, -0.15) is 0 Å². The van der Waals surface area contributed by atoms with Crippen molar-refractivity contribution in [3.63, 3.8) is 0 Å². The summed E-state index contributed by atoms with van der Waals surface area (Å²) in [6.45, 7) is 6.03. The molecule has 26 heavy (non-hydrogen) atoms. The first-order valence-corrected chi connectivity index (χ1v) is 9.67. The topological polar surface area (TPSA) is 81.4 Å². The first-order valence-electron chi connectivity index (χ1n) is 8.19. The van der Waals surface area contributed by atoms with Crippen molar-refractivity contribution in [1.29, 1.82) is 0 Å². The van der Waals surface area contributed by atoms with Crippen LogP contribution >= 0.6 is 0 Å². The number of nitrogens with one attached hydrogen (secondary N) is 1. The molecule has 0 amide bonds. The molecule has 0 unspecified atom stereocenters. The third kappa shape index (κ3) is 3.88. The summed E-state index contributed by atoms with van der Waals surface area (Å²) in [4.78, 5) is 0.214. The molecule has 1 aromatic heterocycles. The summed E-state index contributed by atoms with van der Waals surface area (Å²) in [5.74, 6) is 1.30. The van der Waals surface area contributed by atoms with Crippen molar-refractivity contribution >= 4 is 15.7 Å². The molecule has 3 aromatic rings. The number of anilines is 1. The summed E-state index contributed by atoms with van der Waals surface area (Å²) in [6.07, 6.45) is 0.